The first-order valence-electron chi connectivity index (χ1n) is 9.88. The highest BCUT2D eigenvalue weighted by atomic mass is 16.2. The summed E-state index contributed by atoms with van der Waals surface area (Å²) in [6.07, 6.45) is 5.09. The van der Waals surface area contributed by atoms with Gasteiger partial charge in [0.2, 0.25) is 5.95 Å². The highest BCUT2D eigenvalue weighted by molar-refractivity contribution is 5.98. The number of hydrogen-bond acceptors (Lipinski definition) is 6. The second kappa shape index (κ2) is 7.98. The number of likely N-dealkylation sites (tertiary alicyclic amines) is 1. The van der Waals surface area contributed by atoms with Crippen molar-refractivity contribution in [3.05, 3.63) is 59.7 Å². The van der Waals surface area contributed by atoms with Gasteiger partial charge in [-0.15, -0.1) is 0 Å². The topological polar surface area (TPSA) is 88.8 Å². The van der Waals surface area contributed by atoms with Crippen LogP contribution in [0.4, 0.5) is 5.95 Å². The summed E-state index contributed by atoms with van der Waals surface area (Å²) in [5.74, 6) is 0.605. The van der Waals surface area contributed by atoms with Crippen molar-refractivity contribution in [1.82, 2.24) is 29.9 Å². The van der Waals surface area contributed by atoms with Gasteiger partial charge >= 0.3 is 0 Å². The van der Waals surface area contributed by atoms with E-state index in [4.69, 9.17) is 0 Å². The molecule has 1 amide bonds. The quantitative estimate of drug-likeness (QED) is 0.736. The van der Waals surface area contributed by atoms with Gasteiger partial charge in [0.05, 0.1) is 23.6 Å². The molecule has 1 fully saturated rings. The predicted molar refractivity (Wildman–Crippen MR) is 110 cm³/mol. The Kier molecular flexibility index (Phi) is 5.24. The first kappa shape index (κ1) is 19.0. The lowest BCUT2D eigenvalue weighted by molar-refractivity contribution is 0.0616. The maximum absolute atomic E-state index is 13.4. The number of carbonyl (C=O) groups excluding carboxylic acids is 1. The zero-order valence-corrected chi connectivity index (χ0v) is 16.9. The summed E-state index contributed by atoms with van der Waals surface area (Å²) in [6.45, 7) is 6.71. The van der Waals surface area contributed by atoms with Crippen LogP contribution in [-0.4, -0.2) is 54.4 Å². The Balaban J connectivity index is 1.57. The molecule has 3 heterocycles. The van der Waals surface area contributed by atoms with E-state index in [1.165, 1.54) is 4.80 Å². The van der Waals surface area contributed by atoms with Gasteiger partial charge in [-0.25, -0.2) is 9.97 Å². The SMILES string of the molecule is Cc1cc(C)nc(N[C@H]2CCCN(C(=O)c3ccccc3-n3nccn3)[C@@H]2C)n1. The lowest BCUT2D eigenvalue weighted by Gasteiger charge is -2.40. The summed E-state index contributed by atoms with van der Waals surface area (Å²) in [5.41, 5.74) is 3.13. The molecule has 0 spiro atoms. The fourth-order valence-electron chi connectivity index (χ4n) is 3.90. The van der Waals surface area contributed by atoms with Gasteiger partial charge < -0.3 is 10.2 Å². The van der Waals surface area contributed by atoms with Gasteiger partial charge in [-0.1, -0.05) is 12.1 Å². The molecule has 1 aromatic carbocycles. The smallest absolute Gasteiger partial charge is 0.256 e. The van der Waals surface area contributed by atoms with Gasteiger partial charge in [0.25, 0.3) is 5.91 Å². The van der Waals surface area contributed by atoms with Crippen molar-refractivity contribution in [3.8, 4) is 5.69 Å². The van der Waals surface area contributed by atoms with Gasteiger partial charge in [0.15, 0.2) is 0 Å². The molecule has 0 saturated carbocycles. The first-order chi connectivity index (χ1) is 14.0. The Morgan fingerprint density at radius 1 is 1.10 bits per heavy atom. The monoisotopic (exact) mass is 391 g/mol. The summed E-state index contributed by atoms with van der Waals surface area (Å²) in [7, 11) is 0. The van der Waals surface area contributed by atoms with E-state index in [1.807, 2.05) is 49.1 Å². The van der Waals surface area contributed by atoms with Crippen LogP contribution in [0.15, 0.2) is 42.7 Å². The molecule has 2 atom stereocenters. The van der Waals surface area contributed by atoms with E-state index in [0.29, 0.717) is 23.7 Å². The standard InChI is InChI=1S/C21H25N7O/c1-14-13-15(2)25-21(24-14)26-18-8-6-12-27(16(18)3)20(29)17-7-4-5-9-19(17)28-22-10-11-23-28/h4-5,7,9-11,13,16,18H,6,8,12H2,1-3H3,(H,24,25,26)/t16-,18+/m1/s1. The molecule has 0 aliphatic carbocycles. The molecule has 0 radical (unpaired) electrons. The van der Waals surface area contributed by atoms with Crippen molar-refractivity contribution in [1.29, 1.82) is 0 Å². The molecule has 8 nitrogen and oxygen atoms in total. The van der Waals surface area contributed by atoms with E-state index in [2.05, 4.69) is 32.4 Å². The highest BCUT2D eigenvalue weighted by Crippen LogP contribution is 2.24. The molecule has 0 unspecified atom stereocenters. The van der Waals surface area contributed by atoms with Crippen molar-refractivity contribution in [2.24, 2.45) is 0 Å². The van der Waals surface area contributed by atoms with Crippen molar-refractivity contribution in [2.45, 2.75) is 45.7 Å². The average Bonchev–Trinajstić information content (AvgIpc) is 3.23. The molecule has 3 aromatic rings. The largest absolute Gasteiger partial charge is 0.349 e. The van der Waals surface area contributed by atoms with Gasteiger partial charge in [-0.05, 0) is 51.8 Å². The van der Waals surface area contributed by atoms with Crippen molar-refractivity contribution < 1.29 is 4.79 Å². The minimum Gasteiger partial charge on any atom is -0.349 e. The number of aromatic nitrogens is 5. The van der Waals surface area contributed by atoms with Crippen LogP contribution in [0.2, 0.25) is 0 Å². The maximum atomic E-state index is 13.4. The number of hydrogen-bond donors (Lipinski definition) is 1. The third-order valence-corrected chi connectivity index (χ3v) is 5.31. The number of nitrogens with zero attached hydrogens (tertiary/aromatic N) is 6. The number of anilines is 1. The van der Waals surface area contributed by atoms with Gasteiger partial charge in [-0.3, -0.25) is 4.79 Å². The molecule has 2 aromatic heterocycles. The number of amides is 1. The molecule has 1 aliphatic heterocycles. The number of carbonyl (C=O) groups is 1. The second-order valence-electron chi connectivity index (χ2n) is 7.44. The molecular weight excluding hydrogens is 366 g/mol. The third kappa shape index (κ3) is 3.96. The van der Waals surface area contributed by atoms with Crippen LogP contribution in [0.1, 0.15) is 41.5 Å². The molecular formula is C21H25N7O. The van der Waals surface area contributed by atoms with Crippen LogP contribution in [0.5, 0.6) is 0 Å². The first-order valence-corrected chi connectivity index (χ1v) is 9.88. The summed E-state index contributed by atoms with van der Waals surface area (Å²) in [4.78, 5) is 25.8. The Bertz CT molecular complexity index is 982. The summed E-state index contributed by atoms with van der Waals surface area (Å²) < 4.78 is 0. The van der Waals surface area contributed by atoms with Gasteiger partial charge in [0.1, 0.15) is 0 Å². The van der Waals surface area contributed by atoms with Gasteiger partial charge in [-0.2, -0.15) is 15.0 Å². The van der Waals surface area contributed by atoms with Crippen LogP contribution in [-0.2, 0) is 0 Å². The van der Waals surface area contributed by atoms with Crippen molar-refractivity contribution >= 4 is 11.9 Å². The Morgan fingerprint density at radius 2 is 1.79 bits per heavy atom. The van der Waals surface area contributed by atoms with E-state index in [-0.39, 0.29) is 18.0 Å². The van der Waals surface area contributed by atoms with Crippen LogP contribution in [0.3, 0.4) is 0 Å². The lowest BCUT2D eigenvalue weighted by Crippen LogP contribution is -2.52. The molecule has 4 rings (SSSR count). The minimum absolute atomic E-state index is 0.000643. The molecule has 150 valence electrons. The highest BCUT2D eigenvalue weighted by Gasteiger charge is 2.33. The van der Waals surface area contributed by atoms with E-state index < -0.39 is 0 Å². The fraction of sp³-hybridized carbons (Fsp3) is 0.381. The van der Waals surface area contributed by atoms with Crippen molar-refractivity contribution in [2.75, 3.05) is 11.9 Å². The van der Waals surface area contributed by atoms with E-state index in [1.54, 1.807) is 12.4 Å². The molecule has 1 saturated heterocycles. The number of benzene rings is 1. The lowest BCUT2D eigenvalue weighted by atomic mass is 9.96. The zero-order valence-electron chi connectivity index (χ0n) is 16.9. The van der Waals surface area contributed by atoms with Crippen LogP contribution in [0, 0.1) is 13.8 Å². The summed E-state index contributed by atoms with van der Waals surface area (Å²) >= 11 is 0. The Morgan fingerprint density at radius 3 is 2.52 bits per heavy atom. The van der Waals surface area contributed by atoms with E-state index in [0.717, 1.165) is 24.2 Å². The van der Waals surface area contributed by atoms with E-state index >= 15 is 0 Å². The normalized spacial score (nSPS) is 19.2. The minimum atomic E-state index is -0.0155. The summed E-state index contributed by atoms with van der Waals surface area (Å²) in [6, 6.07) is 9.48. The molecule has 29 heavy (non-hydrogen) atoms. The Hall–Kier alpha value is -3.29. The van der Waals surface area contributed by atoms with Crippen molar-refractivity contribution in [3.63, 3.8) is 0 Å². The fourth-order valence-corrected chi connectivity index (χ4v) is 3.90. The summed E-state index contributed by atoms with van der Waals surface area (Å²) in [5, 5.41) is 11.8. The molecule has 0 bridgehead atoms. The molecule has 1 N–H and O–H groups in total. The van der Waals surface area contributed by atoms with Crippen LogP contribution in [0.25, 0.3) is 5.69 Å². The molecule has 8 heteroatoms. The number of para-hydroxylation sites is 1. The van der Waals surface area contributed by atoms with Gasteiger partial charge in [0, 0.05) is 30.0 Å². The molecule has 1 aliphatic rings. The third-order valence-electron chi connectivity index (χ3n) is 5.31. The predicted octanol–water partition coefficient (Wildman–Crippen LogP) is 2.78. The van der Waals surface area contributed by atoms with Crippen LogP contribution < -0.4 is 5.32 Å². The Labute approximate surface area is 170 Å². The van der Waals surface area contributed by atoms with E-state index in [9.17, 15) is 4.79 Å². The number of rotatable bonds is 4. The number of nitrogens with one attached hydrogen (secondary N) is 1. The number of piperidine rings is 1. The van der Waals surface area contributed by atoms with Crippen LogP contribution >= 0.6 is 0 Å². The average molecular weight is 391 g/mol. The maximum Gasteiger partial charge on any atom is 0.256 e. The zero-order chi connectivity index (χ0) is 20.4. The second-order valence-corrected chi connectivity index (χ2v) is 7.44. The number of aryl methyl sites for hydroxylation is 2.